The number of rotatable bonds is 5. The van der Waals surface area contributed by atoms with E-state index in [1.54, 1.807) is 13.8 Å². The zero-order chi connectivity index (χ0) is 15.5. The smallest absolute Gasteiger partial charge is 0.347 e. The standard InChI is InChI=1S/C16H24N2O3/c1-12-5-4-6-13(11-18-9-7-17-8-10-18)14(12)21-16(2,3)15(19)20/h4-6,17H,7-11H2,1-3H3,(H,19,20). The maximum atomic E-state index is 11.3. The number of nitrogens with one attached hydrogen (secondary N) is 1. The number of piperazine rings is 1. The highest BCUT2D eigenvalue weighted by molar-refractivity contribution is 5.77. The van der Waals surface area contributed by atoms with Gasteiger partial charge in [0.05, 0.1) is 0 Å². The highest BCUT2D eigenvalue weighted by atomic mass is 16.5. The normalized spacial score (nSPS) is 16.7. The van der Waals surface area contributed by atoms with Crippen LogP contribution in [0, 0.1) is 6.92 Å². The lowest BCUT2D eigenvalue weighted by molar-refractivity contribution is -0.152. The number of ether oxygens (including phenoxy) is 1. The maximum absolute atomic E-state index is 11.3. The van der Waals surface area contributed by atoms with Crippen molar-refractivity contribution in [1.29, 1.82) is 0 Å². The summed E-state index contributed by atoms with van der Waals surface area (Å²) < 4.78 is 5.82. The van der Waals surface area contributed by atoms with Gasteiger partial charge in [0, 0.05) is 38.3 Å². The van der Waals surface area contributed by atoms with Crippen molar-refractivity contribution in [3.8, 4) is 5.75 Å². The van der Waals surface area contributed by atoms with Crippen LogP contribution in [0.1, 0.15) is 25.0 Å². The first-order valence-corrected chi connectivity index (χ1v) is 7.34. The van der Waals surface area contributed by atoms with Crippen molar-refractivity contribution in [3.63, 3.8) is 0 Å². The number of benzene rings is 1. The van der Waals surface area contributed by atoms with Gasteiger partial charge in [-0.15, -0.1) is 0 Å². The van der Waals surface area contributed by atoms with Crippen LogP contribution < -0.4 is 10.1 Å². The number of hydrogen-bond donors (Lipinski definition) is 2. The van der Waals surface area contributed by atoms with Gasteiger partial charge < -0.3 is 15.2 Å². The predicted molar refractivity (Wildman–Crippen MR) is 81.7 cm³/mol. The van der Waals surface area contributed by atoms with Gasteiger partial charge in [-0.05, 0) is 26.3 Å². The molecular weight excluding hydrogens is 268 g/mol. The van der Waals surface area contributed by atoms with E-state index in [0.717, 1.165) is 43.9 Å². The van der Waals surface area contributed by atoms with Gasteiger partial charge in [0.1, 0.15) is 5.75 Å². The molecule has 21 heavy (non-hydrogen) atoms. The topological polar surface area (TPSA) is 61.8 Å². The molecule has 0 amide bonds. The van der Waals surface area contributed by atoms with E-state index in [1.807, 2.05) is 25.1 Å². The number of carboxylic acid groups (broad SMARTS) is 1. The van der Waals surface area contributed by atoms with Gasteiger partial charge in [-0.1, -0.05) is 18.2 Å². The monoisotopic (exact) mass is 292 g/mol. The van der Waals surface area contributed by atoms with Crippen LogP contribution >= 0.6 is 0 Å². The highest BCUT2D eigenvalue weighted by Gasteiger charge is 2.31. The fourth-order valence-corrected chi connectivity index (χ4v) is 2.39. The molecule has 1 aliphatic heterocycles. The number of para-hydroxylation sites is 1. The Kier molecular flexibility index (Phi) is 4.85. The van der Waals surface area contributed by atoms with Gasteiger partial charge >= 0.3 is 5.97 Å². The molecule has 1 heterocycles. The Balaban J connectivity index is 2.21. The average molecular weight is 292 g/mol. The summed E-state index contributed by atoms with van der Waals surface area (Å²) in [5.74, 6) is -0.262. The van der Waals surface area contributed by atoms with Crippen molar-refractivity contribution in [2.45, 2.75) is 32.9 Å². The van der Waals surface area contributed by atoms with Crippen LogP contribution in [0.15, 0.2) is 18.2 Å². The Bertz CT molecular complexity index is 508. The number of nitrogens with zero attached hydrogens (tertiary/aromatic N) is 1. The molecule has 2 rings (SSSR count). The van der Waals surface area contributed by atoms with Gasteiger partial charge in [0.25, 0.3) is 0 Å². The Morgan fingerprint density at radius 3 is 2.67 bits per heavy atom. The molecule has 2 N–H and O–H groups in total. The van der Waals surface area contributed by atoms with Gasteiger partial charge in [-0.3, -0.25) is 4.90 Å². The SMILES string of the molecule is Cc1cccc(CN2CCNCC2)c1OC(C)(C)C(=O)O. The molecule has 5 nitrogen and oxygen atoms in total. The third-order valence-electron chi connectivity index (χ3n) is 3.77. The van der Waals surface area contributed by atoms with Crippen LogP contribution in [0.4, 0.5) is 0 Å². The fraction of sp³-hybridized carbons (Fsp3) is 0.562. The molecule has 1 fully saturated rings. The Morgan fingerprint density at radius 2 is 2.05 bits per heavy atom. The minimum atomic E-state index is -1.23. The molecule has 1 saturated heterocycles. The van der Waals surface area contributed by atoms with E-state index in [-0.39, 0.29) is 0 Å². The van der Waals surface area contributed by atoms with E-state index in [4.69, 9.17) is 4.74 Å². The second-order valence-electron chi connectivity index (χ2n) is 6.01. The maximum Gasteiger partial charge on any atom is 0.347 e. The van der Waals surface area contributed by atoms with E-state index >= 15 is 0 Å². The summed E-state index contributed by atoms with van der Waals surface area (Å²) in [7, 11) is 0. The lowest BCUT2D eigenvalue weighted by Gasteiger charge is -2.30. The van der Waals surface area contributed by atoms with Crippen LogP contribution in [0.3, 0.4) is 0 Å². The van der Waals surface area contributed by atoms with Gasteiger partial charge in [-0.2, -0.15) is 0 Å². The largest absolute Gasteiger partial charge is 0.478 e. The second kappa shape index (κ2) is 6.45. The lowest BCUT2D eigenvalue weighted by atomic mass is 10.1. The van der Waals surface area contributed by atoms with E-state index in [0.29, 0.717) is 5.75 Å². The number of hydrogen-bond acceptors (Lipinski definition) is 4. The third kappa shape index (κ3) is 3.95. The fourth-order valence-electron chi connectivity index (χ4n) is 2.39. The first-order valence-electron chi connectivity index (χ1n) is 7.34. The molecule has 0 bridgehead atoms. The number of aryl methyl sites for hydroxylation is 1. The molecule has 0 radical (unpaired) electrons. The zero-order valence-electron chi connectivity index (χ0n) is 13.0. The minimum Gasteiger partial charge on any atom is -0.478 e. The molecule has 0 atom stereocenters. The molecule has 0 aliphatic carbocycles. The quantitative estimate of drug-likeness (QED) is 0.864. The summed E-state index contributed by atoms with van der Waals surface area (Å²) in [6, 6.07) is 5.96. The van der Waals surface area contributed by atoms with Crippen molar-refractivity contribution in [2.75, 3.05) is 26.2 Å². The van der Waals surface area contributed by atoms with Crippen molar-refractivity contribution >= 4 is 5.97 Å². The van der Waals surface area contributed by atoms with Crippen LogP contribution in [0.2, 0.25) is 0 Å². The number of aliphatic carboxylic acids is 1. The molecule has 1 aromatic carbocycles. The summed E-state index contributed by atoms with van der Waals surface area (Å²) in [6.45, 7) is 9.87. The molecule has 1 aliphatic rings. The van der Waals surface area contributed by atoms with Crippen LogP contribution in [-0.2, 0) is 11.3 Å². The summed E-state index contributed by atoms with van der Waals surface area (Å²) in [5.41, 5.74) is 0.785. The van der Waals surface area contributed by atoms with Gasteiger partial charge in [0.15, 0.2) is 5.60 Å². The summed E-state index contributed by atoms with van der Waals surface area (Å²) in [4.78, 5) is 13.6. The first kappa shape index (κ1) is 15.8. The van der Waals surface area contributed by atoms with Crippen LogP contribution in [0.25, 0.3) is 0 Å². The lowest BCUT2D eigenvalue weighted by Crippen LogP contribution is -2.43. The van der Waals surface area contributed by atoms with E-state index in [1.165, 1.54) is 0 Å². The molecule has 0 unspecified atom stereocenters. The number of carbonyl (C=O) groups is 1. The van der Waals surface area contributed by atoms with Crippen LogP contribution in [0.5, 0.6) is 5.75 Å². The van der Waals surface area contributed by atoms with E-state index in [2.05, 4.69) is 10.2 Å². The zero-order valence-corrected chi connectivity index (χ0v) is 13.0. The Labute approximate surface area is 125 Å². The molecule has 0 spiro atoms. The van der Waals surface area contributed by atoms with E-state index in [9.17, 15) is 9.90 Å². The summed E-state index contributed by atoms with van der Waals surface area (Å²) >= 11 is 0. The number of carboxylic acids is 1. The molecule has 116 valence electrons. The van der Waals surface area contributed by atoms with Gasteiger partial charge in [-0.25, -0.2) is 4.79 Å². The predicted octanol–water partition coefficient (Wildman–Crippen LogP) is 1.64. The molecule has 0 saturated carbocycles. The van der Waals surface area contributed by atoms with Gasteiger partial charge in [0.2, 0.25) is 0 Å². The van der Waals surface area contributed by atoms with Crippen molar-refractivity contribution < 1.29 is 14.6 Å². The molecule has 0 aromatic heterocycles. The minimum absolute atomic E-state index is 0.698. The Morgan fingerprint density at radius 1 is 1.38 bits per heavy atom. The summed E-state index contributed by atoms with van der Waals surface area (Å²) in [6.07, 6.45) is 0. The molecule has 1 aromatic rings. The van der Waals surface area contributed by atoms with Crippen molar-refractivity contribution in [1.82, 2.24) is 10.2 Å². The van der Waals surface area contributed by atoms with E-state index < -0.39 is 11.6 Å². The molecular formula is C16H24N2O3. The van der Waals surface area contributed by atoms with Crippen molar-refractivity contribution in [2.24, 2.45) is 0 Å². The molecule has 5 heteroatoms. The second-order valence-corrected chi connectivity index (χ2v) is 6.01. The summed E-state index contributed by atoms with van der Waals surface area (Å²) in [5, 5.41) is 12.6. The average Bonchev–Trinajstić information content (AvgIpc) is 2.43. The first-order chi connectivity index (χ1) is 9.90. The third-order valence-corrected chi connectivity index (χ3v) is 3.77. The van der Waals surface area contributed by atoms with Crippen molar-refractivity contribution in [3.05, 3.63) is 29.3 Å². The van der Waals surface area contributed by atoms with Crippen LogP contribution in [-0.4, -0.2) is 47.8 Å². The Hall–Kier alpha value is -1.59. The highest BCUT2D eigenvalue weighted by Crippen LogP contribution is 2.28.